The van der Waals surface area contributed by atoms with E-state index in [4.69, 9.17) is 5.11 Å². The van der Waals surface area contributed by atoms with E-state index in [0.29, 0.717) is 13.1 Å². The molecule has 4 heteroatoms. The zero-order chi connectivity index (χ0) is 11.4. The zero-order valence-corrected chi connectivity index (χ0v) is 9.15. The van der Waals surface area contributed by atoms with Crippen LogP contribution in [0.2, 0.25) is 0 Å². The topological polar surface area (TPSA) is 52.6 Å². The lowest BCUT2D eigenvalue weighted by Gasteiger charge is -2.20. The Morgan fingerprint density at radius 3 is 2.81 bits per heavy atom. The van der Waals surface area contributed by atoms with Gasteiger partial charge in [-0.2, -0.15) is 0 Å². The minimum absolute atomic E-state index is 0.144. The average molecular weight is 220 g/mol. The van der Waals surface area contributed by atoms with Gasteiger partial charge in [-0.25, -0.2) is 0 Å². The number of carbonyl (C=O) groups excluding carboxylic acids is 1. The van der Waals surface area contributed by atoms with E-state index >= 15 is 0 Å². The summed E-state index contributed by atoms with van der Waals surface area (Å²) in [6.07, 6.45) is 0.990. The molecule has 1 amide bonds. The molecule has 1 fully saturated rings. The molecular formula is C12H16N2O2. The van der Waals surface area contributed by atoms with Crippen LogP contribution in [-0.2, 0) is 11.3 Å². The molecule has 4 nitrogen and oxygen atoms in total. The Morgan fingerprint density at radius 1 is 1.31 bits per heavy atom. The van der Waals surface area contributed by atoms with Gasteiger partial charge < -0.3 is 15.3 Å². The van der Waals surface area contributed by atoms with Gasteiger partial charge in [-0.3, -0.25) is 4.79 Å². The molecule has 0 aromatic heterocycles. The predicted molar refractivity (Wildman–Crippen MR) is 61.0 cm³/mol. The molecule has 1 heterocycles. The summed E-state index contributed by atoms with van der Waals surface area (Å²) in [7, 11) is 0. The number of rotatable bonds is 2. The van der Waals surface area contributed by atoms with Crippen molar-refractivity contribution in [3.63, 3.8) is 0 Å². The molecule has 1 aromatic rings. The Balaban J connectivity index is 2.02. The van der Waals surface area contributed by atoms with Crippen LogP contribution < -0.4 is 5.32 Å². The van der Waals surface area contributed by atoms with Gasteiger partial charge in [0.15, 0.2) is 0 Å². The van der Waals surface area contributed by atoms with E-state index in [0.717, 1.165) is 25.1 Å². The molecule has 0 unspecified atom stereocenters. The number of hydrogen-bond donors (Lipinski definition) is 2. The molecule has 0 saturated carbocycles. The summed E-state index contributed by atoms with van der Waals surface area (Å²) >= 11 is 0. The largest absolute Gasteiger partial charge is 0.508 e. The molecule has 0 spiro atoms. The predicted octanol–water partition coefficient (Wildman–Crippen LogP) is 0.714. The van der Waals surface area contributed by atoms with Gasteiger partial charge in [-0.15, -0.1) is 0 Å². The van der Waals surface area contributed by atoms with E-state index in [1.165, 1.54) is 0 Å². The van der Waals surface area contributed by atoms with E-state index in [1.807, 2.05) is 17.0 Å². The minimum Gasteiger partial charge on any atom is -0.508 e. The van der Waals surface area contributed by atoms with Crippen LogP contribution in [0.1, 0.15) is 12.0 Å². The molecule has 1 saturated heterocycles. The minimum atomic E-state index is 0.144. The molecule has 16 heavy (non-hydrogen) atoms. The summed E-state index contributed by atoms with van der Waals surface area (Å²) in [5, 5.41) is 12.3. The smallest absolute Gasteiger partial charge is 0.236 e. The van der Waals surface area contributed by atoms with Gasteiger partial charge in [0.25, 0.3) is 0 Å². The molecule has 86 valence electrons. The maximum atomic E-state index is 11.7. The van der Waals surface area contributed by atoms with Gasteiger partial charge in [0.05, 0.1) is 6.54 Å². The highest BCUT2D eigenvalue weighted by Crippen LogP contribution is 2.12. The third-order valence-corrected chi connectivity index (χ3v) is 2.72. The molecule has 2 N–H and O–H groups in total. The zero-order valence-electron chi connectivity index (χ0n) is 9.15. The lowest BCUT2D eigenvalue weighted by atomic mass is 10.2. The molecule has 0 radical (unpaired) electrons. The van der Waals surface area contributed by atoms with E-state index in [1.54, 1.807) is 12.1 Å². The van der Waals surface area contributed by atoms with Gasteiger partial charge in [-0.1, -0.05) is 12.1 Å². The third-order valence-electron chi connectivity index (χ3n) is 2.72. The number of amides is 1. The number of aromatic hydroxyl groups is 1. The van der Waals surface area contributed by atoms with Crippen molar-refractivity contribution in [1.82, 2.24) is 10.2 Å². The summed E-state index contributed by atoms with van der Waals surface area (Å²) < 4.78 is 0. The number of nitrogens with zero attached hydrogens (tertiary/aromatic N) is 1. The Morgan fingerprint density at radius 2 is 2.06 bits per heavy atom. The first-order valence-electron chi connectivity index (χ1n) is 5.52. The Bertz CT molecular complexity index is 362. The van der Waals surface area contributed by atoms with Gasteiger partial charge >= 0.3 is 0 Å². The van der Waals surface area contributed by atoms with Crippen molar-refractivity contribution < 1.29 is 9.90 Å². The first-order chi connectivity index (χ1) is 7.75. The Kier molecular flexibility index (Phi) is 3.41. The second kappa shape index (κ2) is 4.99. The van der Waals surface area contributed by atoms with Gasteiger partial charge in [0, 0.05) is 13.1 Å². The number of hydrogen-bond acceptors (Lipinski definition) is 3. The van der Waals surface area contributed by atoms with Crippen LogP contribution in [0.25, 0.3) is 0 Å². The van der Waals surface area contributed by atoms with E-state index in [-0.39, 0.29) is 11.7 Å². The summed E-state index contributed by atoms with van der Waals surface area (Å²) in [5.74, 6) is 0.401. The molecule has 2 rings (SSSR count). The summed E-state index contributed by atoms with van der Waals surface area (Å²) in [5.41, 5.74) is 1.05. The maximum absolute atomic E-state index is 11.7. The first kappa shape index (κ1) is 11.0. The quantitative estimate of drug-likeness (QED) is 0.772. The van der Waals surface area contributed by atoms with Crippen LogP contribution in [0.15, 0.2) is 24.3 Å². The standard InChI is InChI=1S/C12H16N2O2/c15-11-4-2-10(3-5-11)9-14-7-1-6-13-8-12(14)16/h2-5,13,15H,1,6-9H2. The number of phenolic OH excluding ortho intramolecular Hbond substituents is 1. The molecule has 0 atom stereocenters. The molecular weight excluding hydrogens is 204 g/mol. The van der Waals surface area contributed by atoms with Crippen molar-refractivity contribution in [2.24, 2.45) is 0 Å². The van der Waals surface area contributed by atoms with Crippen LogP contribution in [0.4, 0.5) is 0 Å². The molecule has 1 aliphatic heterocycles. The molecule has 0 bridgehead atoms. The lowest BCUT2D eigenvalue weighted by Crippen LogP contribution is -2.34. The van der Waals surface area contributed by atoms with Crippen molar-refractivity contribution in [2.45, 2.75) is 13.0 Å². The number of nitrogens with one attached hydrogen (secondary N) is 1. The van der Waals surface area contributed by atoms with E-state index in [9.17, 15) is 4.79 Å². The highest BCUT2D eigenvalue weighted by Gasteiger charge is 2.15. The normalized spacial score (nSPS) is 17.2. The highest BCUT2D eigenvalue weighted by atomic mass is 16.3. The highest BCUT2D eigenvalue weighted by molar-refractivity contribution is 5.78. The van der Waals surface area contributed by atoms with Crippen LogP contribution in [0.3, 0.4) is 0 Å². The van der Waals surface area contributed by atoms with Crippen molar-refractivity contribution in [1.29, 1.82) is 0 Å². The summed E-state index contributed by atoms with van der Waals surface area (Å²) in [6.45, 7) is 2.75. The Hall–Kier alpha value is -1.55. The van der Waals surface area contributed by atoms with Crippen molar-refractivity contribution in [3.8, 4) is 5.75 Å². The van der Waals surface area contributed by atoms with E-state index in [2.05, 4.69) is 5.32 Å². The van der Waals surface area contributed by atoms with Crippen molar-refractivity contribution in [2.75, 3.05) is 19.6 Å². The second-order valence-electron chi connectivity index (χ2n) is 4.01. The van der Waals surface area contributed by atoms with Gasteiger partial charge in [-0.05, 0) is 30.7 Å². The van der Waals surface area contributed by atoms with Crippen LogP contribution in [-0.4, -0.2) is 35.5 Å². The fourth-order valence-electron chi connectivity index (χ4n) is 1.82. The monoisotopic (exact) mass is 220 g/mol. The number of benzene rings is 1. The molecule has 1 aliphatic rings. The SMILES string of the molecule is O=C1CNCCCN1Cc1ccc(O)cc1. The fourth-order valence-corrected chi connectivity index (χ4v) is 1.82. The van der Waals surface area contributed by atoms with Crippen LogP contribution >= 0.6 is 0 Å². The van der Waals surface area contributed by atoms with Gasteiger partial charge in [0.1, 0.15) is 5.75 Å². The third kappa shape index (κ3) is 2.73. The van der Waals surface area contributed by atoms with Crippen molar-refractivity contribution >= 4 is 5.91 Å². The molecule has 0 aliphatic carbocycles. The van der Waals surface area contributed by atoms with Gasteiger partial charge in [0.2, 0.25) is 5.91 Å². The average Bonchev–Trinajstić information content (AvgIpc) is 2.48. The molecule has 1 aromatic carbocycles. The number of phenols is 1. The maximum Gasteiger partial charge on any atom is 0.236 e. The van der Waals surface area contributed by atoms with Crippen LogP contribution in [0, 0.1) is 0 Å². The van der Waals surface area contributed by atoms with Crippen molar-refractivity contribution in [3.05, 3.63) is 29.8 Å². The lowest BCUT2D eigenvalue weighted by molar-refractivity contribution is -0.130. The second-order valence-corrected chi connectivity index (χ2v) is 4.01. The van der Waals surface area contributed by atoms with Crippen LogP contribution in [0.5, 0.6) is 5.75 Å². The summed E-state index contributed by atoms with van der Waals surface area (Å²) in [4.78, 5) is 13.6. The summed E-state index contributed by atoms with van der Waals surface area (Å²) in [6, 6.07) is 6.99. The first-order valence-corrected chi connectivity index (χ1v) is 5.52. The van der Waals surface area contributed by atoms with E-state index < -0.39 is 0 Å². The Labute approximate surface area is 94.9 Å². The number of carbonyl (C=O) groups is 1. The fraction of sp³-hybridized carbons (Fsp3) is 0.417.